The van der Waals surface area contributed by atoms with Crippen LogP contribution in [0.25, 0.3) is 0 Å². The van der Waals surface area contributed by atoms with E-state index in [1.165, 1.54) is 4.90 Å². The van der Waals surface area contributed by atoms with Gasteiger partial charge in [0, 0.05) is 12.1 Å². The standard InChI is InChI=1S/C19H27N3O3/c1-12(2)14-9-7-8-13(20-14)10-22-15(23)19(21-16(22)24)11-17(3,4)25-18(19,5)6/h7-9,12H,10-11H2,1-6H3,(H,21,24)/t19-/m1/s1. The molecule has 0 aromatic carbocycles. The summed E-state index contributed by atoms with van der Waals surface area (Å²) in [6.45, 7) is 11.9. The zero-order chi connectivity index (χ0) is 18.6. The van der Waals surface area contributed by atoms with Crippen LogP contribution in [0.3, 0.4) is 0 Å². The number of aromatic nitrogens is 1. The van der Waals surface area contributed by atoms with E-state index in [-0.39, 0.29) is 24.4 Å². The number of nitrogens with one attached hydrogen (secondary N) is 1. The van der Waals surface area contributed by atoms with Crippen LogP contribution in [0.2, 0.25) is 0 Å². The lowest BCUT2D eigenvalue weighted by atomic mass is 9.79. The fourth-order valence-corrected chi connectivity index (χ4v) is 4.03. The molecular formula is C19H27N3O3. The molecule has 0 bridgehead atoms. The van der Waals surface area contributed by atoms with Crippen LogP contribution in [0.1, 0.15) is 65.3 Å². The first-order chi connectivity index (χ1) is 11.5. The zero-order valence-corrected chi connectivity index (χ0v) is 15.8. The van der Waals surface area contributed by atoms with Gasteiger partial charge in [-0.05, 0) is 45.7 Å². The third-order valence-electron chi connectivity index (χ3n) is 5.17. The van der Waals surface area contributed by atoms with E-state index in [0.29, 0.717) is 12.1 Å². The van der Waals surface area contributed by atoms with E-state index >= 15 is 0 Å². The summed E-state index contributed by atoms with van der Waals surface area (Å²) in [5, 5.41) is 2.92. The van der Waals surface area contributed by atoms with Gasteiger partial charge in [-0.3, -0.25) is 14.7 Å². The van der Waals surface area contributed by atoms with Crippen molar-refractivity contribution in [3.8, 4) is 0 Å². The van der Waals surface area contributed by atoms with E-state index in [0.717, 1.165) is 5.69 Å². The molecule has 6 heteroatoms. The highest BCUT2D eigenvalue weighted by Gasteiger charge is 2.67. The molecule has 1 N–H and O–H groups in total. The summed E-state index contributed by atoms with van der Waals surface area (Å²) in [7, 11) is 0. The van der Waals surface area contributed by atoms with Crippen LogP contribution in [0.4, 0.5) is 4.79 Å². The number of carbonyl (C=O) groups excluding carboxylic acids is 2. The highest BCUT2D eigenvalue weighted by Crippen LogP contribution is 2.48. The molecule has 0 saturated carbocycles. The first-order valence-corrected chi connectivity index (χ1v) is 8.78. The molecule has 2 saturated heterocycles. The van der Waals surface area contributed by atoms with Crippen LogP contribution in [0.15, 0.2) is 18.2 Å². The fourth-order valence-electron chi connectivity index (χ4n) is 4.03. The summed E-state index contributed by atoms with van der Waals surface area (Å²) >= 11 is 0. The lowest BCUT2D eigenvalue weighted by Crippen LogP contribution is -2.59. The molecule has 3 amide bonds. The number of nitrogens with zero attached hydrogens (tertiary/aromatic N) is 2. The number of hydrogen-bond acceptors (Lipinski definition) is 4. The largest absolute Gasteiger partial charge is 0.367 e. The van der Waals surface area contributed by atoms with Gasteiger partial charge in [0.15, 0.2) is 5.54 Å². The van der Waals surface area contributed by atoms with Gasteiger partial charge in [0.2, 0.25) is 0 Å². The number of carbonyl (C=O) groups is 2. The molecule has 0 unspecified atom stereocenters. The third-order valence-corrected chi connectivity index (χ3v) is 5.17. The summed E-state index contributed by atoms with van der Waals surface area (Å²) in [6.07, 6.45) is 0.452. The number of hydrogen-bond donors (Lipinski definition) is 1. The first kappa shape index (κ1) is 17.9. The van der Waals surface area contributed by atoms with Gasteiger partial charge in [0.05, 0.1) is 23.4 Å². The van der Waals surface area contributed by atoms with Gasteiger partial charge >= 0.3 is 6.03 Å². The van der Waals surface area contributed by atoms with Crippen LogP contribution in [0.5, 0.6) is 0 Å². The van der Waals surface area contributed by atoms with Gasteiger partial charge in [-0.1, -0.05) is 19.9 Å². The number of imide groups is 1. The van der Waals surface area contributed by atoms with Gasteiger partial charge in [0.1, 0.15) is 0 Å². The van der Waals surface area contributed by atoms with Crippen molar-refractivity contribution in [3.05, 3.63) is 29.6 Å². The van der Waals surface area contributed by atoms with Crippen molar-refractivity contribution < 1.29 is 14.3 Å². The molecule has 1 atom stereocenters. The topological polar surface area (TPSA) is 71.5 Å². The Morgan fingerprint density at radius 3 is 2.48 bits per heavy atom. The molecule has 25 heavy (non-hydrogen) atoms. The Morgan fingerprint density at radius 1 is 1.24 bits per heavy atom. The molecule has 1 aromatic heterocycles. The third kappa shape index (κ3) is 2.82. The Hall–Kier alpha value is -1.95. The summed E-state index contributed by atoms with van der Waals surface area (Å²) < 4.78 is 6.06. The number of pyridine rings is 1. The summed E-state index contributed by atoms with van der Waals surface area (Å²) in [4.78, 5) is 31.6. The van der Waals surface area contributed by atoms with Crippen molar-refractivity contribution in [2.24, 2.45) is 0 Å². The van der Waals surface area contributed by atoms with Crippen molar-refractivity contribution in [2.75, 3.05) is 0 Å². The second kappa shape index (κ2) is 5.53. The highest BCUT2D eigenvalue weighted by molar-refractivity contribution is 6.08. The summed E-state index contributed by atoms with van der Waals surface area (Å²) in [5.41, 5.74) is -0.611. The Bertz CT molecular complexity index is 726. The van der Waals surface area contributed by atoms with Gasteiger partial charge in [-0.25, -0.2) is 4.79 Å². The average Bonchev–Trinajstić information content (AvgIpc) is 2.82. The molecule has 2 aliphatic rings. The van der Waals surface area contributed by atoms with E-state index in [4.69, 9.17) is 4.74 Å². The molecule has 136 valence electrons. The Morgan fingerprint density at radius 2 is 1.92 bits per heavy atom. The molecule has 6 nitrogen and oxygen atoms in total. The van der Waals surface area contributed by atoms with Crippen LogP contribution in [-0.4, -0.2) is 38.6 Å². The highest BCUT2D eigenvalue weighted by atomic mass is 16.5. The van der Waals surface area contributed by atoms with Crippen LogP contribution in [0, 0.1) is 0 Å². The Balaban J connectivity index is 1.89. The molecule has 0 radical (unpaired) electrons. The predicted molar refractivity (Wildman–Crippen MR) is 94.0 cm³/mol. The monoisotopic (exact) mass is 345 g/mol. The summed E-state index contributed by atoms with van der Waals surface area (Å²) in [5.74, 6) is 0.0576. The quantitative estimate of drug-likeness (QED) is 0.855. The maximum absolute atomic E-state index is 13.2. The molecule has 1 aromatic rings. The molecular weight excluding hydrogens is 318 g/mol. The number of amides is 3. The minimum absolute atomic E-state index is 0.170. The molecule has 2 fully saturated rings. The number of rotatable bonds is 3. The first-order valence-electron chi connectivity index (χ1n) is 8.78. The van der Waals surface area contributed by atoms with Gasteiger partial charge in [-0.2, -0.15) is 0 Å². The van der Waals surface area contributed by atoms with Gasteiger partial charge in [-0.15, -0.1) is 0 Å². The second-order valence-electron chi connectivity index (χ2n) is 8.48. The maximum atomic E-state index is 13.2. The van der Waals surface area contributed by atoms with Crippen molar-refractivity contribution >= 4 is 11.9 Å². The van der Waals surface area contributed by atoms with Crippen molar-refractivity contribution in [3.63, 3.8) is 0 Å². The Labute approximate surface area is 148 Å². The molecule has 3 rings (SSSR count). The maximum Gasteiger partial charge on any atom is 0.325 e. The van der Waals surface area contributed by atoms with E-state index < -0.39 is 16.7 Å². The number of urea groups is 1. The second-order valence-corrected chi connectivity index (χ2v) is 8.48. The van der Waals surface area contributed by atoms with Crippen LogP contribution in [-0.2, 0) is 16.1 Å². The van der Waals surface area contributed by atoms with Crippen molar-refractivity contribution in [2.45, 2.75) is 77.2 Å². The van der Waals surface area contributed by atoms with Gasteiger partial charge < -0.3 is 10.1 Å². The normalized spacial score (nSPS) is 27.4. The number of ether oxygens (including phenoxy) is 1. The minimum Gasteiger partial charge on any atom is -0.367 e. The predicted octanol–water partition coefficient (Wildman–Crippen LogP) is 2.97. The zero-order valence-electron chi connectivity index (χ0n) is 15.8. The summed E-state index contributed by atoms with van der Waals surface area (Å²) in [6, 6.07) is 5.34. The molecule has 2 aliphatic heterocycles. The molecule has 3 heterocycles. The van der Waals surface area contributed by atoms with E-state index in [1.54, 1.807) is 0 Å². The van der Waals surface area contributed by atoms with E-state index in [9.17, 15) is 9.59 Å². The lowest BCUT2D eigenvalue weighted by molar-refractivity contribution is -0.138. The smallest absolute Gasteiger partial charge is 0.325 e. The van der Waals surface area contributed by atoms with Crippen LogP contribution >= 0.6 is 0 Å². The van der Waals surface area contributed by atoms with E-state index in [1.807, 2.05) is 45.9 Å². The fraction of sp³-hybridized carbons (Fsp3) is 0.632. The SMILES string of the molecule is CC(C)c1cccc(CN2C(=O)N[C@]3(CC(C)(C)OC3(C)C)C2=O)n1. The van der Waals surface area contributed by atoms with Crippen molar-refractivity contribution in [1.29, 1.82) is 0 Å². The van der Waals surface area contributed by atoms with Gasteiger partial charge in [0.25, 0.3) is 5.91 Å². The average molecular weight is 345 g/mol. The lowest BCUT2D eigenvalue weighted by Gasteiger charge is -2.33. The molecule has 1 spiro atoms. The van der Waals surface area contributed by atoms with Crippen LogP contribution < -0.4 is 5.32 Å². The minimum atomic E-state index is -1.02. The Kier molecular flexibility index (Phi) is 3.95. The van der Waals surface area contributed by atoms with Crippen molar-refractivity contribution in [1.82, 2.24) is 15.2 Å². The molecule has 0 aliphatic carbocycles. The van der Waals surface area contributed by atoms with E-state index in [2.05, 4.69) is 24.1 Å².